The molecule has 2 aromatic heterocycles. The number of nitrogens with zero attached hydrogens (tertiary/aromatic N) is 2. The molecule has 0 saturated carbocycles. The third-order valence-electron chi connectivity index (χ3n) is 5.81. The highest BCUT2D eigenvalue weighted by Crippen LogP contribution is 2.32. The molecule has 1 fully saturated rings. The summed E-state index contributed by atoms with van der Waals surface area (Å²) in [6, 6.07) is 5.57. The van der Waals surface area contributed by atoms with Crippen LogP contribution in [0, 0.1) is 6.92 Å². The molecule has 3 heterocycles. The topological polar surface area (TPSA) is 108 Å². The van der Waals surface area contributed by atoms with E-state index in [2.05, 4.69) is 14.9 Å². The third-order valence-corrected chi connectivity index (χ3v) is 5.81. The average molecular weight is 432 g/mol. The van der Waals surface area contributed by atoms with Gasteiger partial charge in [0.25, 0.3) is 0 Å². The molecule has 1 saturated heterocycles. The second-order valence-corrected chi connectivity index (χ2v) is 8.02. The van der Waals surface area contributed by atoms with E-state index in [0.29, 0.717) is 56.0 Å². The van der Waals surface area contributed by atoms with Crippen LogP contribution in [0.4, 0.5) is 0 Å². The predicted octanol–water partition coefficient (Wildman–Crippen LogP) is 2.18. The van der Waals surface area contributed by atoms with Gasteiger partial charge in [-0.3, -0.25) is 4.98 Å². The summed E-state index contributed by atoms with van der Waals surface area (Å²) in [6.45, 7) is 7.72. The Morgan fingerprint density at radius 1 is 1.32 bits per heavy atom. The Balaban J connectivity index is 1.55. The normalized spacial score (nSPS) is 17.3. The van der Waals surface area contributed by atoms with Crippen molar-refractivity contribution in [1.82, 2.24) is 14.9 Å². The number of carbonyl (C=O) groups excluding carboxylic acids is 1. The van der Waals surface area contributed by atoms with E-state index in [1.165, 1.54) is 0 Å². The van der Waals surface area contributed by atoms with E-state index in [-0.39, 0.29) is 13.2 Å². The van der Waals surface area contributed by atoms with Gasteiger partial charge in [-0.2, -0.15) is 0 Å². The molecule has 0 aliphatic carbocycles. The number of hydrogen-bond donors (Lipinski definition) is 3. The second kappa shape index (κ2) is 10.3. The molecule has 3 N–H and O–H groups in total. The number of likely N-dealkylation sites (tertiary alicyclic amines) is 1. The van der Waals surface area contributed by atoms with Crippen molar-refractivity contribution >= 4 is 5.97 Å². The van der Waals surface area contributed by atoms with Crippen LogP contribution in [-0.4, -0.2) is 70.0 Å². The van der Waals surface area contributed by atoms with Gasteiger partial charge in [-0.25, -0.2) is 4.79 Å². The first kappa shape index (κ1) is 23.2. The van der Waals surface area contributed by atoms with Gasteiger partial charge in [-0.05, 0) is 45.2 Å². The number of aryl methyl sites for hydroxylation is 1. The molecule has 1 unspecified atom stereocenters. The largest absolute Gasteiger partial charge is 0.488 e. The quantitative estimate of drug-likeness (QED) is 0.522. The number of aliphatic hydroxyl groups excluding tert-OH is 1. The summed E-state index contributed by atoms with van der Waals surface area (Å²) in [5.74, 6) is 0.000277. The lowest BCUT2D eigenvalue weighted by molar-refractivity contribution is -0.0401. The zero-order valence-corrected chi connectivity index (χ0v) is 18.6. The molecular formula is C23H33N3O5. The van der Waals surface area contributed by atoms with Gasteiger partial charge in [0.2, 0.25) is 0 Å². The molecule has 0 amide bonds. The number of ether oxygens (including phenoxy) is 2. The van der Waals surface area contributed by atoms with Crippen molar-refractivity contribution in [2.75, 3.05) is 32.8 Å². The highest BCUT2D eigenvalue weighted by Gasteiger charge is 2.35. The first-order valence-corrected chi connectivity index (χ1v) is 10.9. The first-order valence-electron chi connectivity index (χ1n) is 10.9. The molecule has 0 bridgehead atoms. The predicted molar refractivity (Wildman–Crippen MR) is 116 cm³/mol. The maximum Gasteiger partial charge on any atom is 0.358 e. The van der Waals surface area contributed by atoms with Crippen molar-refractivity contribution in [3.63, 3.8) is 0 Å². The Labute approximate surface area is 183 Å². The van der Waals surface area contributed by atoms with Crippen molar-refractivity contribution in [3.8, 4) is 5.75 Å². The van der Waals surface area contributed by atoms with Gasteiger partial charge in [0.1, 0.15) is 18.3 Å². The lowest BCUT2D eigenvalue weighted by atomic mass is 9.87. The van der Waals surface area contributed by atoms with Crippen molar-refractivity contribution < 1.29 is 24.5 Å². The van der Waals surface area contributed by atoms with E-state index >= 15 is 0 Å². The van der Waals surface area contributed by atoms with Crippen LogP contribution in [0.15, 0.2) is 24.4 Å². The second-order valence-electron chi connectivity index (χ2n) is 8.02. The molecular weight excluding hydrogens is 398 g/mol. The Hall–Kier alpha value is -2.42. The number of hydrogen-bond acceptors (Lipinski definition) is 7. The van der Waals surface area contributed by atoms with Gasteiger partial charge >= 0.3 is 5.97 Å². The lowest BCUT2D eigenvalue weighted by Crippen LogP contribution is -2.46. The fourth-order valence-corrected chi connectivity index (χ4v) is 4.10. The van der Waals surface area contributed by atoms with Crippen LogP contribution in [0.3, 0.4) is 0 Å². The van der Waals surface area contributed by atoms with Gasteiger partial charge in [-0.15, -0.1) is 0 Å². The third kappa shape index (κ3) is 5.44. The molecule has 1 atom stereocenters. The molecule has 0 spiro atoms. The highest BCUT2D eigenvalue weighted by atomic mass is 16.5. The summed E-state index contributed by atoms with van der Waals surface area (Å²) in [6.07, 6.45) is 2.78. The van der Waals surface area contributed by atoms with E-state index in [0.717, 1.165) is 11.3 Å². The first-order chi connectivity index (χ1) is 14.9. The Kier molecular flexibility index (Phi) is 7.69. The number of aromatic amines is 1. The minimum Gasteiger partial charge on any atom is -0.488 e. The fraction of sp³-hybridized carbons (Fsp3) is 0.565. The number of piperidine rings is 1. The summed E-state index contributed by atoms with van der Waals surface area (Å²) in [7, 11) is 0. The van der Waals surface area contributed by atoms with Gasteiger partial charge in [0.15, 0.2) is 11.4 Å². The summed E-state index contributed by atoms with van der Waals surface area (Å²) < 4.78 is 11.0. The average Bonchev–Trinajstić information content (AvgIpc) is 3.10. The maximum absolute atomic E-state index is 12.3. The van der Waals surface area contributed by atoms with E-state index in [1.54, 1.807) is 13.1 Å². The minimum atomic E-state index is -0.924. The zero-order chi connectivity index (χ0) is 22.4. The number of esters is 1. The summed E-state index contributed by atoms with van der Waals surface area (Å²) in [5.41, 5.74) is 1.84. The number of H-pyrrole nitrogens is 1. The van der Waals surface area contributed by atoms with Gasteiger partial charge in [0, 0.05) is 37.1 Å². The number of β-amino-alcohol motifs (C(OH)–C–C–N with tert-alkyl or cyclic N) is 1. The molecule has 8 nitrogen and oxygen atoms in total. The maximum atomic E-state index is 12.3. The van der Waals surface area contributed by atoms with Crippen LogP contribution >= 0.6 is 0 Å². The molecule has 0 radical (unpaired) electrons. The summed E-state index contributed by atoms with van der Waals surface area (Å²) >= 11 is 0. The van der Waals surface area contributed by atoms with Gasteiger partial charge < -0.3 is 29.6 Å². The van der Waals surface area contributed by atoms with E-state index in [4.69, 9.17) is 9.47 Å². The smallest absolute Gasteiger partial charge is 0.358 e. The van der Waals surface area contributed by atoms with Crippen LogP contribution in [0.5, 0.6) is 5.75 Å². The van der Waals surface area contributed by atoms with Gasteiger partial charge in [-0.1, -0.05) is 13.0 Å². The number of aromatic nitrogens is 2. The molecule has 2 aromatic rings. The van der Waals surface area contributed by atoms with Crippen molar-refractivity contribution in [2.45, 2.75) is 51.7 Å². The minimum absolute atomic E-state index is 0.0672. The molecule has 170 valence electrons. The van der Waals surface area contributed by atoms with E-state index in [1.807, 2.05) is 32.0 Å². The number of carbonyl (C=O) groups is 1. The van der Waals surface area contributed by atoms with Gasteiger partial charge in [0.05, 0.1) is 12.3 Å². The van der Waals surface area contributed by atoms with Crippen LogP contribution in [0.25, 0.3) is 0 Å². The SMILES string of the molecule is CCOC(=O)c1[nH]c(C)c(CC)c1OCC(O)CN1CCC(O)(c2ccccn2)CC1. The molecule has 1 aliphatic heterocycles. The molecule has 1 aliphatic rings. The van der Waals surface area contributed by atoms with Crippen molar-refractivity contribution in [1.29, 1.82) is 0 Å². The Morgan fingerprint density at radius 3 is 2.68 bits per heavy atom. The van der Waals surface area contributed by atoms with Crippen molar-refractivity contribution in [3.05, 3.63) is 47.0 Å². The van der Waals surface area contributed by atoms with Crippen molar-refractivity contribution in [2.24, 2.45) is 0 Å². The molecule has 3 rings (SSSR count). The summed E-state index contributed by atoms with van der Waals surface area (Å²) in [4.78, 5) is 21.7. The number of rotatable bonds is 9. The van der Waals surface area contributed by atoms with Crippen LogP contribution < -0.4 is 4.74 Å². The fourth-order valence-electron chi connectivity index (χ4n) is 4.10. The monoisotopic (exact) mass is 431 g/mol. The number of pyridine rings is 1. The Bertz CT molecular complexity index is 860. The zero-order valence-electron chi connectivity index (χ0n) is 18.6. The summed E-state index contributed by atoms with van der Waals surface area (Å²) in [5, 5.41) is 21.5. The molecule has 31 heavy (non-hydrogen) atoms. The van der Waals surface area contributed by atoms with E-state index < -0.39 is 17.7 Å². The standard InChI is InChI=1S/C23H33N3O5/c1-4-18-16(3)25-20(22(28)30-5-2)21(18)31-15-17(27)14-26-12-9-23(29,10-13-26)19-8-6-7-11-24-19/h6-8,11,17,25,27,29H,4-5,9-10,12-15H2,1-3H3. The Morgan fingerprint density at radius 2 is 2.06 bits per heavy atom. The highest BCUT2D eigenvalue weighted by molar-refractivity contribution is 5.91. The molecule has 0 aromatic carbocycles. The van der Waals surface area contributed by atoms with Crippen LogP contribution in [0.2, 0.25) is 0 Å². The molecule has 8 heteroatoms. The lowest BCUT2D eigenvalue weighted by Gasteiger charge is -2.38. The van der Waals surface area contributed by atoms with Crippen LogP contribution in [-0.2, 0) is 16.8 Å². The van der Waals surface area contributed by atoms with E-state index in [9.17, 15) is 15.0 Å². The number of aliphatic hydroxyl groups is 2. The van der Waals surface area contributed by atoms with Crippen LogP contribution in [0.1, 0.15) is 54.1 Å². The number of nitrogens with one attached hydrogen (secondary N) is 1.